The van der Waals surface area contributed by atoms with Crippen LogP contribution in [-0.4, -0.2) is 5.91 Å². The number of nitrogens with one attached hydrogen (secondary N) is 1. The summed E-state index contributed by atoms with van der Waals surface area (Å²) in [5.74, 6) is -0.0813. The van der Waals surface area contributed by atoms with E-state index < -0.39 is 0 Å². The topological polar surface area (TPSA) is 29.1 Å². The smallest absolute Gasteiger partial charge is 0.255 e. The fourth-order valence-corrected chi connectivity index (χ4v) is 3.00. The summed E-state index contributed by atoms with van der Waals surface area (Å²) in [5.41, 5.74) is 6.17. The second-order valence-electron chi connectivity index (χ2n) is 7.05. The highest BCUT2D eigenvalue weighted by molar-refractivity contribution is 5.95. The van der Waals surface area contributed by atoms with Gasteiger partial charge in [-0.2, -0.15) is 0 Å². The van der Waals surface area contributed by atoms with E-state index in [2.05, 4.69) is 43.1 Å². The Morgan fingerprint density at radius 1 is 0.963 bits per heavy atom. The maximum Gasteiger partial charge on any atom is 0.255 e. The van der Waals surface area contributed by atoms with Crippen LogP contribution in [0.4, 0.5) is 0 Å². The molecule has 2 rings (SSSR count). The molecule has 2 aromatic rings. The van der Waals surface area contributed by atoms with Gasteiger partial charge in [0.15, 0.2) is 0 Å². The van der Waals surface area contributed by atoms with E-state index in [9.17, 15) is 4.79 Å². The van der Waals surface area contributed by atoms with E-state index in [0.29, 0.717) is 5.56 Å². The molecule has 0 aliphatic rings. The Hall–Kier alpha value is -2.61. The lowest BCUT2D eigenvalue weighted by atomic mass is 10.0. The van der Waals surface area contributed by atoms with Crippen LogP contribution in [0, 0.1) is 0 Å². The van der Waals surface area contributed by atoms with E-state index in [0.717, 1.165) is 29.7 Å². The van der Waals surface area contributed by atoms with Crippen molar-refractivity contribution in [2.24, 2.45) is 0 Å². The largest absolute Gasteiger partial charge is 0.326 e. The van der Waals surface area contributed by atoms with Gasteiger partial charge in [-0.3, -0.25) is 4.79 Å². The highest BCUT2D eigenvalue weighted by Crippen LogP contribution is 2.21. The maximum atomic E-state index is 12.4. The molecule has 0 aromatic heterocycles. The number of hydrogen-bond donors (Lipinski definition) is 1. The van der Waals surface area contributed by atoms with Crippen LogP contribution in [0.5, 0.6) is 0 Å². The zero-order valence-corrected chi connectivity index (χ0v) is 16.8. The van der Waals surface area contributed by atoms with E-state index in [1.165, 1.54) is 30.4 Å². The van der Waals surface area contributed by atoms with Gasteiger partial charge in [0.25, 0.3) is 5.91 Å². The number of aryl methyl sites for hydroxylation is 1. The molecule has 0 aliphatic carbocycles. The summed E-state index contributed by atoms with van der Waals surface area (Å²) in [6.45, 7) is 10.0. The van der Waals surface area contributed by atoms with Crippen LogP contribution >= 0.6 is 0 Å². The van der Waals surface area contributed by atoms with Gasteiger partial charge in [-0.25, -0.2) is 0 Å². The highest BCUT2D eigenvalue weighted by Gasteiger charge is 2.07. The number of hydrogen-bond acceptors (Lipinski definition) is 1. The van der Waals surface area contributed by atoms with Crippen molar-refractivity contribution in [1.82, 2.24) is 5.32 Å². The predicted octanol–water partition coefficient (Wildman–Crippen LogP) is 6.69. The summed E-state index contributed by atoms with van der Waals surface area (Å²) in [7, 11) is 0. The van der Waals surface area contributed by atoms with Crippen LogP contribution in [0.3, 0.4) is 0 Å². The molecule has 1 N–H and O–H groups in total. The Kier molecular flexibility index (Phi) is 8.06. The minimum absolute atomic E-state index is 0.0813. The highest BCUT2D eigenvalue weighted by atomic mass is 16.1. The van der Waals surface area contributed by atoms with Gasteiger partial charge in [-0.05, 0) is 61.1 Å². The molecule has 0 bridgehead atoms. The molecule has 142 valence electrons. The summed E-state index contributed by atoms with van der Waals surface area (Å²) in [4.78, 5) is 12.4. The molecule has 2 aromatic carbocycles. The molecule has 27 heavy (non-hydrogen) atoms. The Labute approximate surface area is 164 Å². The van der Waals surface area contributed by atoms with Gasteiger partial charge in [0.1, 0.15) is 0 Å². The number of carbonyl (C=O) groups is 1. The van der Waals surface area contributed by atoms with Crippen LogP contribution in [0.15, 0.2) is 72.5 Å². The molecule has 2 nitrogen and oxygen atoms in total. The first-order chi connectivity index (χ1) is 13.0. The molecule has 0 aliphatic heterocycles. The van der Waals surface area contributed by atoms with Gasteiger partial charge in [0, 0.05) is 11.3 Å². The van der Waals surface area contributed by atoms with Crippen LogP contribution in [-0.2, 0) is 6.42 Å². The van der Waals surface area contributed by atoms with E-state index in [4.69, 9.17) is 0 Å². The molecule has 0 radical (unpaired) electrons. The first kappa shape index (κ1) is 20.7. The van der Waals surface area contributed by atoms with Crippen molar-refractivity contribution in [1.29, 1.82) is 0 Å². The molecule has 0 heterocycles. The number of amides is 1. The fourth-order valence-electron chi connectivity index (χ4n) is 3.00. The number of benzene rings is 2. The zero-order chi connectivity index (χ0) is 19.6. The van der Waals surface area contributed by atoms with Crippen LogP contribution in [0.25, 0.3) is 11.1 Å². The van der Waals surface area contributed by atoms with E-state index in [1.54, 1.807) is 0 Å². The standard InChI is InChI=1S/C25H31NO/c1-5-7-8-9-20-10-12-21(13-11-20)22-14-16-23(17-15-22)25(27)26-24(6-2)18-19(3)4/h10-18H,3,5-9H2,1-2,4H3,(H,26,27)/b24-18+. The van der Waals surface area contributed by atoms with Gasteiger partial charge in [0.2, 0.25) is 0 Å². The average molecular weight is 362 g/mol. The summed E-state index contributed by atoms with van der Waals surface area (Å²) >= 11 is 0. The van der Waals surface area contributed by atoms with Gasteiger partial charge < -0.3 is 5.32 Å². The SMILES string of the molecule is C=C(C)/C=C(\CC)NC(=O)c1ccc(-c2ccc(CCCCC)cc2)cc1. The van der Waals surface area contributed by atoms with Crippen molar-refractivity contribution in [2.75, 3.05) is 0 Å². The lowest BCUT2D eigenvalue weighted by molar-refractivity contribution is 0.0965. The van der Waals surface area contributed by atoms with Gasteiger partial charge >= 0.3 is 0 Å². The minimum Gasteiger partial charge on any atom is -0.326 e. The van der Waals surface area contributed by atoms with E-state index in [1.807, 2.05) is 44.2 Å². The molecule has 0 saturated heterocycles. The predicted molar refractivity (Wildman–Crippen MR) is 116 cm³/mol. The lowest BCUT2D eigenvalue weighted by Crippen LogP contribution is -2.22. The number of allylic oxidation sites excluding steroid dienone is 3. The Morgan fingerprint density at radius 3 is 2.07 bits per heavy atom. The molecule has 0 unspecified atom stereocenters. The van der Waals surface area contributed by atoms with Crippen molar-refractivity contribution < 1.29 is 4.79 Å². The average Bonchev–Trinajstić information content (AvgIpc) is 2.68. The first-order valence-corrected chi connectivity index (χ1v) is 9.90. The number of carbonyl (C=O) groups excluding carboxylic acids is 1. The second-order valence-corrected chi connectivity index (χ2v) is 7.05. The Morgan fingerprint density at radius 2 is 1.56 bits per heavy atom. The third kappa shape index (κ3) is 6.56. The summed E-state index contributed by atoms with van der Waals surface area (Å²) < 4.78 is 0. The number of rotatable bonds is 9. The van der Waals surface area contributed by atoms with E-state index in [-0.39, 0.29) is 5.91 Å². The minimum atomic E-state index is -0.0813. The third-order valence-electron chi connectivity index (χ3n) is 4.58. The summed E-state index contributed by atoms with van der Waals surface area (Å²) in [6.07, 6.45) is 7.60. The first-order valence-electron chi connectivity index (χ1n) is 9.90. The molecular weight excluding hydrogens is 330 g/mol. The third-order valence-corrected chi connectivity index (χ3v) is 4.58. The van der Waals surface area contributed by atoms with Crippen LogP contribution < -0.4 is 5.32 Å². The molecule has 0 spiro atoms. The van der Waals surface area contributed by atoms with Crippen LogP contribution in [0.2, 0.25) is 0 Å². The molecule has 0 atom stereocenters. The van der Waals surface area contributed by atoms with Crippen molar-refractivity contribution in [3.8, 4) is 11.1 Å². The van der Waals surface area contributed by atoms with Crippen molar-refractivity contribution in [3.63, 3.8) is 0 Å². The van der Waals surface area contributed by atoms with Crippen LogP contribution in [0.1, 0.15) is 62.4 Å². The second kappa shape index (κ2) is 10.5. The van der Waals surface area contributed by atoms with Gasteiger partial charge in [-0.15, -0.1) is 0 Å². The molecule has 2 heteroatoms. The quantitative estimate of drug-likeness (QED) is 0.391. The Bertz CT molecular complexity index is 782. The van der Waals surface area contributed by atoms with Crippen molar-refractivity contribution in [2.45, 2.75) is 52.9 Å². The normalized spacial score (nSPS) is 11.3. The van der Waals surface area contributed by atoms with Crippen molar-refractivity contribution >= 4 is 5.91 Å². The number of unbranched alkanes of at least 4 members (excludes halogenated alkanes) is 2. The van der Waals surface area contributed by atoms with Crippen molar-refractivity contribution in [3.05, 3.63) is 83.6 Å². The molecule has 0 saturated carbocycles. The lowest BCUT2D eigenvalue weighted by Gasteiger charge is -2.09. The molecule has 0 fully saturated rings. The van der Waals surface area contributed by atoms with Gasteiger partial charge in [0.05, 0.1) is 0 Å². The monoisotopic (exact) mass is 361 g/mol. The van der Waals surface area contributed by atoms with Gasteiger partial charge in [-0.1, -0.05) is 75.2 Å². The molecule has 1 amide bonds. The summed E-state index contributed by atoms with van der Waals surface area (Å²) in [5, 5.41) is 2.97. The fraction of sp³-hybridized carbons (Fsp3) is 0.320. The maximum absolute atomic E-state index is 12.4. The van der Waals surface area contributed by atoms with E-state index >= 15 is 0 Å². The summed E-state index contributed by atoms with van der Waals surface area (Å²) in [6, 6.07) is 16.5. The zero-order valence-electron chi connectivity index (χ0n) is 16.8. The molecular formula is C25H31NO. The Balaban J connectivity index is 2.04.